The van der Waals surface area contributed by atoms with Gasteiger partial charge in [-0.1, -0.05) is 18.2 Å². The number of para-hydroxylation sites is 1. The molecule has 5 rings (SSSR count). The van der Waals surface area contributed by atoms with Crippen molar-refractivity contribution < 1.29 is 47.4 Å². The molecule has 0 atom stereocenters. The number of hydrogen-bond acceptors (Lipinski definition) is 11. The molecule has 1 aliphatic heterocycles. The molecule has 4 aromatic rings. The molecule has 0 spiro atoms. The minimum absolute atomic E-state index is 0.0466. The second-order valence-corrected chi connectivity index (χ2v) is 10.1. The van der Waals surface area contributed by atoms with Crippen LogP contribution in [0.25, 0.3) is 11.0 Å². The van der Waals surface area contributed by atoms with Crippen LogP contribution in [0, 0.1) is 0 Å². The number of hydrogen-bond donors (Lipinski definition) is 0. The van der Waals surface area contributed by atoms with Gasteiger partial charge in [0.05, 0.1) is 7.11 Å². The molecule has 5 amide bonds. The molecule has 14 nitrogen and oxygen atoms in total. The predicted molar refractivity (Wildman–Crippen MR) is 159 cm³/mol. The van der Waals surface area contributed by atoms with Crippen molar-refractivity contribution in [3.63, 3.8) is 0 Å². The summed E-state index contributed by atoms with van der Waals surface area (Å²) in [6.45, 7) is 1.27. The first-order chi connectivity index (χ1) is 22.1. The molecule has 0 radical (unpaired) electrons. The van der Waals surface area contributed by atoms with Crippen LogP contribution in [0.5, 0.6) is 11.5 Å². The predicted octanol–water partition coefficient (Wildman–Crippen LogP) is 3.64. The molecule has 3 heterocycles. The Balaban J connectivity index is 1.38. The largest absolute Gasteiger partial charge is 0.497 e. The number of carbonyl (C=O) groups is 6. The number of esters is 2. The fourth-order valence-corrected chi connectivity index (χ4v) is 4.81. The van der Waals surface area contributed by atoms with Crippen molar-refractivity contribution >= 4 is 46.7 Å². The van der Waals surface area contributed by atoms with Crippen LogP contribution in [-0.4, -0.2) is 82.3 Å². The van der Waals surface area contributed by atoms with Crippen molar-refractivity contribution in [3.05, 3.63) is 89.4 Å². The highest BCUT2D eigenvalue weighted by atomic mass is 16.6. The average Bonchev–Trinajstić information content (AvgIpc) is 3.61. The molecule has 0 aliphatic carbocycles. The number of imide groups is 2. The zero-order valence-corrected chi connectivity index (χ0v) is 25.1. The summed E-state index contributed by atoms with van der Waals surface area (Å²) in [5.41, 5.74) is 1.37. The van der Waals surface area contributed by atoms with Crippen LogP contribution in [0.3, 0.4) is 0 Å². The lowest BCUT2D eigenvalue weighted by atomic mass is 10.1. The number of ether oxygens (including phenoxy) is 3. The highest BCUT2D eigenvalue weighted by molar-refractivity contribution is 6.08. The summed E-state index contributed by atoms with van der Waals surface area (Å²) >= 11 is 0. The highest BCUT2D eigenvalue weighted by Gasteiger charge is 2.35. The van der Waals surface area contributed by atoms with Crippen LogP contribution in [0.15, 0.2) is 71.4 Å². The Morgan fingerprint density at radius 3 is 2.50 bits per heavy atom. The Morgan fingerprint density at radius 2 is 1.78 bits per heavy atom. The summed E-state index contributed by atoms with van der Waals surface area (Å²) in [4.78, 5) is 84.6. The van der Waals surface area contributed by atoms with E-state index in [1.807, 2.05) is 0 Å². The minimum atomic E-state index is -1.12. The fourth-order valence-electron chi connectivity index (χ4n) is 4.81. The molecule has 2 aromatic heterocycles. The summed E-state index contributed by atoms with van der Waals surface area (Å²) in [7, 11) is 1.49. The van der Waals surface area contributed by atoms with Crippen LogP contribution >= 0.6 is 0 Å². The van der Waals surface area contributed by atoms with E-state index in [1.54, 1.807) is 18.2 Å². The van der Waals surface area contributed by atoms with Crippen molar-refractivity contribution in [1.82, 2.24) is 19.7 Å². The van der Waals surface area contributed by atoms with Gasteiger partial charge in [-0.05, 0) is 42.0 Å². The Kier molecular flexibility index (Phi) is 9.07. The molecule has 0 bridgehead atoms. The second kappa shape index (κ2) is 13.3. The van der Waals surface area contributed by atoms with Gasteiger partial charge in [0.1, 0.15) is 22.6 Å². The number of furan rings is 1. The number of benzene rings is 2. The number of nitrogens with zero attached hydrogens (tertiary/aromatic N) is 4. The Morgan fingerprint density at radius 1 is 1.00 bits per heavy atom. The van der Waals surface area contributed by atoms with Crippen LogP contribution < -0.4 is 9.47 Å². The Labute approximate surface area is 262 Å². The monoisotopic (exact) mass is 628 g/mol. The maximum Gasteiger partial charge on any atom is 0.343 e. The fraction of sp³-hybridized carbons (Fsp3) is 0.219. The van der Waals surface area contributed by atoms with E-state index in [1.165, 1.54) is 60.8 Å². The van der Waals surface area contributed by atoms with Crippen LogP contribution in [0.1, 0.15) is 50.7 Å². The first-order valence-corrected chi connectivity index (χ1v) is 14.0. The summed E-state index contributed by atoms with van der Waals surface area (Å²) in [6, 6.07) is 12.6. The van der Waals surface area contributed by atoms with E-state index in [-0.39, 0.29) is 42.6 Å². The minimum Gasteiger partial charge on any atom is -0.497 e. The second-order valence-electron chi connectivity index (χ2n) is 10.1. The molecular formula is C32H28N4O10. The number of fused-ring (bicyclic) bond motifs is 2. The maximum atomic E-state index is 13.8. The normalized spacial score (nSPS) is 12.0. The lowest BCUT2D eigenvalue weighted by molar-refractivity contribution is -0.132. The molecule has 0 saturated carbocycles. The van der Waals surface area contributed by atoms with Gasteiger partial charge >= 0.3 is 18.0 Å². The van der Waals surface area contributed by atoms with Gasteiger partial charge in [-0.3, -0.25) is 29.1 Å². The molecule has 1 aliphatic rings. The Bertz CT molecular complexity index is 1830. The van der Waals surface area contributed by atoms with E-state index in [0.29, 0.717) is 27.2 Å². The van der Waals surface area contributed by atoms with Gasteiger partial charge in [-0.25, -0.2) is 14.5 Å². The summed E-state index contributed by atoms with van der Waals surface area (Å²) in [5, 5.41) is 0.470. The lowest BCUT2D eigenvalue weighted by Crippen LogP contribution is -2.51. The molecule has 0 unspecified atom stereocenters. The number of methoxy groups -OCH3 is 1. The number of aromatic nitrogens is 1. The van der Waals surface area contributed by atoms with Crippen LogP contribution in [0.2, 0.25) is 0 Å². The van der Waals surface area contributed by atoms with Crippen molar-refractivity contribution in [2.45, 2.75) is 20.4 Å². The standard InChI is InChI=1S/C32H28N4O10/c1-19(37)35(13-12-34-17-21-8-9-23(43-3)15-25(21)29(34)39)32(42)36(30(40)28-14-22-16-33-11-10-26(22)46-28)18-44-31(41)24-6-4-5-7-27(24)45-20(2)38/h4-11,14-16H,12-13,17-18H2,1-3H3. The van der Waals surface area contributed by atoms with Gasteiger partial charge < -0.3 is 23.5 Å². The highest BCUT2D eigenvalue weighted by Crippen LogP contribution is 2.27. The summed E-state index contributed by atoms with van der Waals surface area (Å²) in [6.07, 6.45) is 2.91. The average molecular weight is 629 g/mol. The SMILES string of the molecule is COc1ccc2c(c1)C(=O)N(CCN(C(C)=O)C(=O)N(COC(=O)c1ccccc1OC(C)=O)C(=O)c1cc3cnccc3o1)C2. The maximum absolute atomic E-state index is 13.8. The van der Waals surface area contributed by atoms with Gasteiger partial charge in [0.15, 0.2) is 12.5 Å². The van der Waals surface area contributed by atoms with E-state index < -0.39 is 36.5 Å². The lowest BCUT2D eigenvalue weighted by Gasteiger charge is -2.28. The topological polar surface area (TPSA) is 166 Å². The third kappa shape index (κ3) is 6.55. The molecule has 2 aromatic carbocycles. The number of rotatable bonds is 9. The quantitative estimate of drug-likeness (QED) is 0.151. The first-order valence-electron chi connectivity index (χ1n) is 14.0. The van der Waals surface area contributed by atoms with E-state index in [2.05, 4.69) is 4.98 Å². The number of urea groups is 1. The van der Waals surface area contributed by atoms with E-state index in [4.69, 9.17) is 18.6 Å². The smallest absolute Gasteiger partial charge is 0.343 e. The van der Waals surface area contributed by atoms with Crippen molar-refractivity contribution in [2.75, 3.05) is 26.9 Å². The van der Waals surface area contributed by atoms with E-state index >= 15 is 0 Å². The molecular weight excluding hydrogens is 600 g/mol. The van der Waals surface area contributed by atoms with E-state index in [9.17, 15) is 28.8 Å². The van der Waals surface area contributed by atoms with Crippen LogP contribution in [0.4, 0.5) is 4.79 Å². The van der Waals surface area contributed by atoms with Crippen molar-refractivity contribution in [1.29, 1.82) is 0 Å². The van der Waals surface area contributed by atoms with Gasteiger partial charge in [-0.15, -0.1) is 0 Å². The third-order valence-electron chi connectivity index (χ3n) is 7.09. The molecule has 46 heavy (non-hydrogen) atoms. The van der Waals surface area contributed by atoms with Gasteiger partial charge in [0.25, 0.3) is 11.8 Å². The zero-order chi connectivity index (χ0) is 33.0. The van der Waals surface area contributed by atoms with Crippen molar-refractivity contribution in [3.8, 4) is 11.5 Å². The molecule has 0 fully saturated rings. The molecule has 0 N–H and O–H groups in total. The third-order valence-corrected chi connectivity index (χ3v) is 7.09. The van der Waals surface area contributed by atoms with E-state index in [0.717, 1.165) is 24.3 Å². The number of carbonyl (C=O) groups excluding carboxylic acids is 6. The van der Waals surface area contributed by atoms with Crippen LogP contribution in [-0.2, 0) is 20.9 Å². The first kappa shape index (κ1) is 31.4. The molecule has 236 valence electrons. The summed E-state index contributed by atoms with van der Waals surface area (Å²) in [5.74, 6) is -3.60. The van der Waals surface area contributed by atoms with Crippen molar-refractivity contribution in [2.24, 2.45) is 0 Å². The molecule has 0 saturated heterocycles. The number of amides is 5. The molecule has 14 heteroatoms. The zero-order valence-electron chi connectivity index (χ0n) is 25.1. The van der Waals surface area contributed by atoms with Gasteiger partial charge in [0.2, 0.25) is 5.91 Å². The van der Waals surface area contributed by atoms with Gasteiger partial charge in [-0.2, -0.15) is 0 Å². The number of pyridine rings is 1. The summed E-state index contributed by atoms with van der Waals surface area (Å²) < 4.78 is 21.2. The Hall–Kier alpha value is -6.05. The van der Waals surface area contributed by atoms with Gasteiger partial charge in [0, 0.05) is 56.8 Å².